The molecule has 0 aliphatic rings. The van der Waals surface area contributed by atoms with Gasteiger partial charge in [-0.25, -0.2) is 4.79 Å². The molecule has 18 heavy (non-hydrogen) atoms. The third-order valence-corrected chi connectivity index (χ3v) is 2.78. The summed E-state index contributed by atoms with van der Waals surface area (Å²) in [4.78, 5) is 13.6. The summed E-state index contributed by atoms with van der Waals surface area (Å²) < 4.78 is 4.91. The number of hydrogen-bond acceptors (Lipinski definition) is 5. The molecule has 0 saturated heterocycles. The van der Waals surface area contributed by atoms with Crippen LogP contribution in [0.4, 0.5) is 11.4 Å². The minimum Gasteiger partial charge on any atom is -0.408 e. The standard InChI is InChI=1S/C12H17N3O3/c1-12(2,6-16)5-14-8-4-9-10(3-7(8)13)18-11(17)15-9/h3-4,14,16H,5-6,13H2,1-2H3,(H,15,17). The number of rotatable bonds is 4. The second-order valence-electron chi connectivity index (χ2n) is 5.13. The van der Waals surface area contributed by atoms with Gasteiger partial charge in [0.25, 0.3) is 0 Å². The largest absolute Gasteiger partial charge is 0.417 e. The van der Waals surface area contributed by atoms with E-state index in [-0.39, 0.29) is 12.0 Å². The van der Waals surface area contributed by atoms with Gasteiger partial charge in [-0.15, -0.1) is 0 Å². The van der Waals surface area contributed by atoms with Crippen molar-refractivity contribution in [1.82, 2.24) is 4.98 Å². The molecular formula is C12H17N3O3. The Morgan fingerprint density at radius 3 is 2.89 bits per heavy atom. The number of aromatic nitrogens is 1. The van der Waals surface area contributed by atoms with Crippen molar-refractivity contribution in [2.75, 3.05) is 24.2 Å². The summed E-state index contributed by atoms with van der Waals surface area (Å²) in [6.45, 7) is 4.52. The van der Waals surface area contributed by atoms with Crippen LogP contribution in [-0.2, 0) is 0 Å². The van der Waals surface area contributed by atoms with Crippen LogP contribution in [0.1, 0.15) is 13.8 Å². The molecule has 0 spiro atoms. The quantitative estimate of drug-likeness (QED) is 0.610. The number of nitrogens with two attached hydrogens (primary N) is 1. The molecule has 0 unspecified atom stereocenters. The highest BCUT2D eigenvalue weighted by Gasteiger charge is 2.17. The number of nitrogens with one attached hydrogen (secondary N) is 2. The lowest BCUT2D eigenvalue weighted by Gasteiger charge is -2.23. The highest BCUT2D eigenvalue weighted by molar-refractivity contribution is 5.85. The molecule has 1 aromatic heterocycles. The lowest BCUT2D eigenvalue weighted by molar-refractivity contribution is 0.171. The fourth-order valence-electron chi connectivity index (χ4n) is 1.56. The summed E-state index contributed by atoms with van der Waals surface area (Å²) >= 11 is 0. The van der Waals surface area contributed by atoms with Crippen LogP contribution in [0.5, 0.6) is 0 Å². The molecule has 1 aromatic carbocycles. The van der Waals surface area contributed by atoms with Gasteiger partial charge in [0.05, 0.1) is 16.9 Å². The molecule has 6 nitrogen and oxygen atoms in total. The van der Waals surface area contributed by atoms with Gasteiger partial charge in [-0.1, -0.05) is 13.8 Å². The van der Waals surface area contributed by atoms with Crippen LogP contribution in [0.3, 0.4) is 0 Å². The number of fused-ring (bicyclic) bond motifs is 1. The molecule has 0 bridgehead atoms. The van der Waals surface area contributed by atoms with Crippen molar-refractivity contribution in [2.45, 2.75) is 13.8 Å². The summed E-state index contributed by atoms with van der Waals surface area (Å²) in [5, 5.41) is 12.3. The van der Waals surface area contributed by atoms with Gasteiger partial charge >= 0.3 is 5.76 Å². The first-order chi connectivity index (χ1) is 8.41. The predicted molar refractivity (Wildman–Crippen MR) is 70.6 cm³/mol. The molecule has 6 heteroatoms. The topological polar surface area (TPSA) is 104 Å². The number of aromatic amines is 1. The summed E-state index contributed by atoms with van der Waals surface area (Å²) in [5.41, 5.74) is 7.86. The number of benzene rings is 1. The van der Waals surface area contributed by atoms with Gasteiger partial charge in [-0.2, -0.15) is 0 Å². The number of anilines is 2. The SMILES string of the molecule is CC(C)(CO)CNc1cc2[nH]c(=O)oc2cc1N. The zero-order valence-electron chi connectivity index (χ0n) is 10.4. The van der Waals surface area contributed by atoms with Gasteiger partial charge in [-0.05, 0) is 6.07 Å². The van der Waals surface area contributed by atoms with E-state index < -0.39 is 5.76 Å². The molecule has 2 aromatic rings. The minimum atomic E-state index is -0.503. The van der Waals surface area contributed by atoms with E-state index in [1.54, 1.807) is 12.1 Å². The second kappa shape index (κ2) is 4.38. The van der Waals surface area contributed by atoms with Crippen LogP contribution in [0.25, 0.3) is 11.1 Å². The number of oxazole rings is 1. The van der Waals surface area contributed by atoms with Crippen molar-refractivity contribution in [3.05, 3.63) is 22.7 Å². The van der Waals surface area contributed by atoms with Crippen molar-refractivity contribution in [1.29, 1.82) is 0 Å². The van der Waals surface area contributed by atoms with E-state index in [1.165, 1.54) is 0 Å². The number of aliphatic hydroxyl groups excluding tert-OH is 1. The molecular weight excluding hydrogens is 234 g/mol. The van der Waals surface area contributed by atoms with Gasteiger partial charge in [-0.3, -0.25) is 4.98 Å². The van der Waals surface area contributed by atoms with E-state index in [2.05, 4.69) is 10.3 Å². The monoisotopic (exact) mass is 251 g/mol. The van der Waals surface area contributed by atoms with Crippen LogP contribution >= 0.6 is 0 Å². The molecule has 98 valence electrons. The Bertz CT molecular complexity index is 613. The third kappa shape index (κ3) is 2.48. The Morgan fingerprint density at radius 2 is 2.22 bits per heavy atom. The van der Waals surface area contributed by atoms with Gasteiger partial charge < -0.3 is 20.6 Å². The van der Waals surface area contributed by atoms with E-state index >= 15 is 0 Å². The Kier molecular flexibility index (Phi) is 3.04. The summed E-state index contributed by atoms with van der Waals surface area (Å²) in [5.74, 6) is -0.503. The summed E-state index contributed by atoms with van der Waals surface area (Å²) in [6.07, 6.45) is 0. The highest BCUT2D eigenvalue weighted by Crippen LogP contribution is 2.25. The molecule has 0 radical (unpaired) electrons. The smallest absolute Gasteiger partial charge is 0.408 e. The molecule has 0 fully saturated rings. The third-order valence-electron chi connectivity index (χ3n) is 2.78. The van der Waals surface area contributed by atoms with Crippen molar-refractivity contribution in [3.8, 4) is 0 Å². The first-order valence-corrected chi connectivity index (χ1v) is 5.68. The number of nitrogen functional groups attached to an aromatic ring is 1. The highest BCUT2D eigenvalue weighted by atomic mass is 16.4. The van der Waals surface area contributed by atoms with Gasteiger partial charge in [0, 0.05) is 24.6 Å². The Labute approximate surface area is 104 Å². The Balaban J connectivity index is 2.28. The molecule has 0 atom stereocenters. The van der Waals surface area contributed by atoms with Gasteiger partial charge in [0.1, 0.15) is 0 Å². The van der Waals surface area contributed by atoms with Gasteiger partial charge in [0.2, 0.25) is 0 Å². The Morgan fingerprint density at radius 1 is 1.50 bits per heavy atom. The first-order valence-electron chi connectivity index (χ1n) is 5.68. The van der Waals surface area contributed by atoms with Crippen LogP contribution in [-0.4, -0.2) is 23.2 Å². The summed E-state index contributed by atoms with van der Waals surface area (Å²) in [6, 6.07) is 3.32. The predicted octanol–water partition coefficient (Wildman–Crippen LogP) is 1.13. The zero-order valence-corrected chi connectivity index (χ0v) is 10.4. The van der Waals surface area contributed by atoms with Crippen LogP contribution < -0.4 is 16.8 Å². The molecule has 5 N–H and O–H groups in total. The second-order valence-corrected chi connectivity index (χ2v) is 5.13. The summed E-state index contributed by atoms with van der Waals surface area (Å²) in [7, 11) is 0. The molecule has 0 saturated carbocycles. The maximum Gasteiger partial charge on any atom is 0.417 e. The van der Waals surface area contributed by atoms with Crippen LogP contribution in [0.15, 0.2) is 21.3 Å². The van der Waals surface area contributed by atoms with Crippen molar-refractivity contribution < 1.29 is 9.52 Å². The van der Waals surface area contributed by atoms with E-state index in [4.69, 9.17) is 10.2 Å². The number of hydrogen-bond donors (Lipinski definition) is 4. The average Bonchev–Trinajstić information content (AvgIpc) is 2.65. The molecule has 0 amide bonds. The average molecular weight is 251 g/mol. The van der Waals surface area contributed by atoms with Gasteiger partial charge in [0.15, 0.2) is 5.58 Å². The first kappa shape index (κ1) is 12.5. The van der Waals surface area contributed by atoms with E-state index in [0.29, 0.717) is 29.0 Å². The van der Waals surface area contributed by atoms with E-state index in [9.17, 15) is 9.90 Å². The lowest BCUT2D eigenvalue weighted by atomic mass is 9.95. The normalized spacial score (nSPS) is 11.9. The molecule has 0 aliphatic heterocycles. The molecule has 2 rings (SSSR count). The van der Waals surface area contributed by atoms with Crippen LogP contribution in [0, 0.1) is 5.41 Å². The van der Waals surface area contributed by atoms with Crippen molar-refractivity contribution >= 4 is 22.5 Å². The maximum absolute atomic E-state index is 11.1. The molecule has 0 aliphatic carbocycles. The van der Waals surface area contributed by atoms with Crippen molar-refractivity contribution in [2.24, 2.45) is 5.41 Å². The number of aliphatic hydroxyl groups is 1. The zero-order chi connectivity index (χ0) is 13.3. The molecule has 1 heterocycles. The fraction of sp³-hybridized carbons (Fsp3) is 0.417. The van der Waals surface area contributed by atoms with Crippen molar-refractivity contribution in [3.63, 3.8) is 0 Å². The maximum atomic E-state index is 11.1. The fourth-order valence-corrected chi connectivity index (χ4v) is 1.56. The van der Waals surface area contributed by atoms with E-state index in [1.807, 2.05) is 13.8 Å². The lowest BCUT2D eigenvalue weighted by Crippen LogP contribution is -2.27. The Hall–Kier alpha value is -1.95. The minimum absolute atomic E-state index is 0.0741. The number of H-pyrrole nitrogens is 1. The van der Waals surface area contributed by atoms with Crippen LogP contribution in [0.2, 0.25) is 0 Å². The van der Waals surface area contributed by atoms with E-state index in [0.717, 1.165) is 0 Å².